The third-order valence-corrected chi connectivity index (χ3v) is 4.21. The second kappa shape index (κ2) is 10.4. The van der Waals surface area contributed by atoms with Crippen LogP contribution in [0.4, 0.5) is 5.82 Å². The molecule has 0 bridgehead atoms. The van der Waals surface area contributed by atoms with Gasteiger partial charge in [-0.3, -0.25) is 5.43 Å². The standard InChI is InChI=1S/C20H21BrN4O3/c1-5-6-28-19-17(21)8-14(9-18(19)27-4)11-23-25-20-16(10-22)15(12-26-3)7-13(2)24-20/h5,7-9,11H,1,6,12H2,2-4H3,(H,24,25)/b23-11+. The Morgan fingerprint density at radius 3 is 2.79 bits per heavy atom. The highest BCUT2D eigenvalue weighted by Crippen LogP contribution is 2.36. The van der Waals surface area contributed by atoms with Crippen molar-refractivity contribution >= 4 is 28.0 Å². The summed E-state index contributed by atoms with van der Waals surface area (Å²) in [5, 5.41) is 13.7. The number of hydrogen-bond donors (Lipinski definition) is 1. The third-order valence-electron chi connectivity index (χ3n) is 3.62. The molecule has 1 heterocycles. The molecule has 0 unspecified atom stereocenters. The SMILES string of the molecule is C=CCOc1c(Br)cc(/C=N/Nc2nc(C)cc(COC)c2C#N)cc1OC. The third kappa shape index (κ3) is 5.31. The van der Waals surface area contributed by atoms with Gasteiger partial charge in [0, 0.05) is 18.4 Å². The molecular weight excluding hydrogens is 424 g/mol. The minimum absolute atomic E-state index is 0.320. The minimum atomic E-state index is 0.320. The molecule has 8 heteroatoms. The molecular formula is C20H21BrN4O3. The fourth-order valence-electron chi connectivity index (χ4n) is 2.48. The first-order valence-corrected chi connectivity index (χ1v) is 9.13. The molecule has 0 spiro atoms. The zero-order valence-electron chi connectivity index (χ0n) is 16.0. The number of rotatable bonds is 9. The zero-order chi connectivity index (χ0) is 20.5. The molecule has 0 aliphatic carbocycles. The van der Waals surface area contributed by atoms with E-state index in [0.29, 0.717) is 36.1 Å². The van der Waals surface area contributed by atoms with Crippen LogP contribution in [0.3, 0.4) is 0 Å². The summed E-state index contributed by atoms with van der Waals surface area (Å²) in [6.07, 6.45) is 3.26. The van der Waals surface area contributed by atoms with Crippen molar-refractivity contribution < 1.29 is 14.2 Å². The van der Waals surface area contributed by atoms with E-state index in [-0.39, 0.29) is 0 Å². The molecule has 0 saturated heterocycles. The summed E-state index contributed by atoms with van der Waals surface area (Å²) in [7, 11) is 3.14. The minimum Gasteiger partial charge on any atom is -0.493 e. The van der Waals surface area contributed by atoms with Crippen molar-refractivity contribution in [3.8, 4) is 17.6 Å². The van der Waals surface area contributed by atoms with Crippen molar-refractivity contribution in [2.24, 2.45) is 5.10 Å². The van der Waals surface area contributed by atoms with Gasteiger partial charge in [-0.05, 0) is 46.6 Å². The van der Waals surface area contributed by atoms with Crippen LogP contribution in [0.15, 0.2) is 40.4 Å². The number of aryl methyl sites for hydroxylation is 1. The Hall–Kier alpha value is -2.89. The number of pyridine rings is 1. The van der Waals surface area contributed by atoms with Crippen LogP contribution in [0.1, 0.15) is 22.4 Å². The Morgan fingerprint density at radius 2 is 2.14 bits per heavy atom. The van der Waals surface area contributed by atoms with Gasteiger partial charge < -0.3 is 14.2 Å². The van der Waals surface area contributed by atoms with Crippen LogP contribution in [0, 0.1) is 18.3 Å². The van der Waals surface area contributed by atoms with E-state index in [9.17, 15) is 5.26 Å². The number of nitrogens with zero attached hydrogens (tertiary/aromatic N) is 3. The molecule has 1 aromatic heterocycles. The lowest BCUT2D eigenvalue weighted by Crippen LogP contribution is -2.03. The second-order valence-corrected chi connectivity index (χ2v) is 6.55. The first kappa shape index (κ1) is 21.4. The van der Waals surface area contributed by atoms with Gasteiger partial charge in [-0.1, -0.05) is 12.7 Å². The van der Waals surface area contributed by atoms with Gasteiger partial charge in [0.1, 0.15) is 18.2 Å². The summed E-state index contributed by atoms with van der Waals surface area (Å²) in [4.78, 5) is 4.35. The van der Waals surface area contributed by atoms with Crippen LogP contribution in [0.5, 0.6) is 11.5 Å². The highest BCUT2D eigenvalue weighted by molar-refractivity contribution is 9.10. The highest BCUT2D eigenvalue weighted by Gasteiger charge is 2.12. The topological polar surface area (TPSA) is 88.8 Å². The summed E-state index contributed by atoms with van der Waals surface area (Å²) < 4.78 is 16.9. The van der Waals surface area contributed by atoms with Crippen molar-refractivity contribution in [1.82, 2.24) is 4.98 Å². The molecule has 0 atom stereocenters. The first-order chi connectivity index (χ1) is 13.5. The van der Waals surface area contributed by atoms with E-state index in [1.54, 1.807) is 32.6 Å². The molecule has 1 N–H and O–H groups in total. The first-order valence-electron chi connectivity index (χ1n) is 8.33. The second-order valence-electron chi connectivity index (χ2n) is 5.69. The van der Waals surface area contributed by atoms with Crippen molar-refractivity contribution in [2.75, 3.05) is 26.3 Å². The number of halogens is 1. The van der Waals surface area contributed by atoms with Crippen molar-refractivity contribution in [2.45, 2.75) is 13.5 Å². The van der Waals surface area contributed by atoms with Gasteiger partial charge in [-0.15, -0.1) is 0 Å². The molecule has 28 heavy (non-hydrogen) atoms. The number of ether oxygens (including phenoxy) is 3. The Balaban J connectivity index is 2.27. The number of hydrogen-bond acceptors (Lipinski definition) is 7. The normalized spacial score (nSPS) is 10.5. The molecule has 7 nitrogen and oxygen atoms in total. The summed E-state index contributed by atoms with van der Waals surface area (Å²) in [6, 6.07) is 7.60. The van der Waals surface area contributed by atoms with Gasteiger partial charge in [-0.25, -0.2) is 4.98 Å². The number of benzene rings is 1. The summed E-state index contributed by atoms with van der Waals surface area (Å²) in [5.74, 6) is 1.53. The fraction of sp³-hybridized carbons (Fsp3) is 0.250. The van der Waals surface area contributed by atoms with Gasteiger partial charge in [0.2, 0.25) is 0 Å². The fourth-order valence-corrected chi connectivity index (χ4v) is 3.05. The van der Waals surface area contributed by atoms with Crippen molar-refractivity contribution in [1.29, 1.82) is 5.26 Å². The summed E-state index contributed by atoms with van der Waals surface area (Å²) >= 11 is 3.47. The number of methoxy groups -OCH3 is 2. The van der Waals surface area contributed by atoms with E-state index in [1.165, 1.54) is 0 Å². The summed E-state index contributed by atoms with van der Waals surface area (Å²) in [5.41, 5.74) is 5.52. The molecule has 0 aliphatic rings. The van der Waals surface area contributed by atoms with Crippen molar-refractivity contribution in [3.63, 3.8) is 0 Å². The predicted molar refractivity (Wildman–Crippen MR) is 112 cm³/mol. The van der Waals surface area contributed by atoms with Crippen LogP contribution >= 0.6 is 15.9 Å². The molecule has 0 saturated carbocycles. The number of hydrazone groups is 1. The molecule has 0 aliphatic heterocycles. The van der Waals surface area contributed by atoms with Gasteiger partial charge >= 0.3 is 0 Å². The Kier molecular flexibility index (Phi) is 7.99. The molecule has 0 radical (unpaired) electrons. The van der Waals surface area contributed by atoms with Crippen LogP contribution < -0.4 is 14.9 Å². The zero-order valence-corrected chi connectivity index (χ0v) is 17.5. The van der Waals surface area contributed by atoms with Crippen LogP contribution in [-0.4, -0.2) is 32.0 Å². The van der Waals surface area contributed by atoms with Crippen LogP contribution in [0.25, 0.3) is 0 Å². The van der Waals surface area contributed by atoms with E-state index < -0.39 is 0 Å². The molecule has 0 amide bonds. The number of anilines is 1. The van der Waals surface area contributed by atoms with E-state index in [0.717, 1.165) is 21.3 Å². The lowest BCUT2D eigenvalue weighted by molar-refractivity contribution is 0.184. The predicted octanol–water partition coefficient (Wildman–Crippen LogP) is 4.19. The van der Waals surface area contributed by atoms with E-state index in [2.05, 4.69) is 44.1 Å². The number of aromatic nitrogens is 1. The average Bonchev–Trinajstić information content (AvgIpc) is 2.67. The molecule has 146 valence electrons. The Bertz CT molecular complexity index is 923. The van der Waals surface area contributed by atoms with Gasteiger partial charge in [0.05, 0.1) is 24.4 Å². The maximum absolute atomic E-state index is 9.46. The van der Waals surface area contributed by atoms with Gasteiger partial charge in [0.25, 0.3) is 0 Å². The molecule has 2 rings (SSSR count). The van der Waals surface area contributed by atoms with Gasteiger partial charge in [-0.2, -0.15) is 10.4 Å². The maximum Gasteiger partial charge on any atom is 0.175 e. The maximum atomic E-state index is 9.46. The average molecular weight is 445 g/mol. The van der Waals surface area contributed by atoms with E-state index in [1.807, 2.05) is 19.1 Å². The Morgan fingerprint density at radius 1 is 1.36 bits per heavy atom. The number of nitrogens with one attached hydrogen (secondary N) is 1. The van der Waals surface area contributed by atoms with E-state index in [4.69, 9.17) is 14.2 Å². The molecule has 2 aromatic rings. The highest BCUT2D eigenvalue weighted by atomic mass is 79.9. The monoisotopic (exact) mass is 444 g/mol. The summed E-state index contributed by atoms with van der Waals surface area (Å²) in [6.45, 7) is 6.17. The van der Waals surface area contributed by atoms with E-state index >= 15 is 0 Å². The number of nitriles is 1. The van der Waals surface area contributed by atoms with Crippen LogP contribution in [-0.2, 0) is 11.3 Å². The van der Waals surface area contributed by atoms with Crippen molar-refractivity contribution in [3.05, 3.63) is 57.7 Å². The Labute approximate surface area is 172 Å². The van der Waals surface area contributed by atoms with Gasteiger partial charge in [0.15, 0.2) is 17.3 Å². The lowest BCUT2D eigenvalue weighted by atomic mass is 10.1. The van der Waals surface area contributed by atoms with Crippen LogP contribution in [0.2, 0.25) is 0 Å². The quantitative estimate of drug-likeness (QED) is 0.354. The molecule has 0 fully saturated rings. The lowest BCUT2D eigenvalue weighted by Gasteiger charge is -2.12. The largest absolute Gasteiger partial charge is 0.493 e. The smallest absolute Gasteiger partial charge is 0.175 e. The molecule has 1 aromatic carbocycles.